The second-order valence-electron chi connectivity index (χ2n) is 8.40. The maximum absolute atomic E-state index is 12.8. The van der Waals surface area contributed by atoms with Gasteiger partial charge in [-0.3, -0.25) is 4.79 Å². The number of hydrogen-bond donors (Lipinski definition) is 0. The third-order valence-electron chi connectivity index (χ3n) is 5.03. The molecule has 0 radical (unpaired) electrons. The largest absolute Gasteiger partial charge is 0.429 e. The lowest BCUT2D eigenvalue weighted by atomic mass is 10.1. The van der Waals surface area contributed by atoms with Gasteiger partial charge in [-0.2, -0.15) is 0 Å². The topological polar surface area (TPSA) is 98.8 Å². The maximum Gasteiger partial charge on any atom is 0.344 e. The summed E-state index contributed by atoms with van der Waals surface area (Å²) < 4.78 is 40.3. The molecule has 3 aliphatic rings. The molecule has 1 unspecified atom stereocenters. The number of rotatable bonds is 4. The summed E-state index contributed by atoms with van der Waals surface area (Å²) in [4.78, 5) is 24.2. The molecule has 3 aliphatic heterocycles. The van der Waals surface area contributed by atoms with Gasteiger partial charge in [0.05, 0.1) is 6.61 Å². The van der Waals surface area contributed by atoms with Gasteiger partial charge in [0, 0.05) is 6.92 Å². The van der Waals surface area contributed by atoms with Gasteiger partial charge in [-0.25, -0.2) is 4.79 Å². The van der Waals surface area contributed by atoms with Crippen LogP contribution in [0.2, 0.25) is 0 Å². The molecule has 30 heavy (non-hydrogen) atoms. The van der Waals surface area contributed by atoms with E-state index in [1.807, 2.05) is 13.8 Å². The first-order valence-electron chi connectivity index (χ1n) is 9.86. The Bertz CT molecular complexity index is 834. The molecule has 164 valence electrons. The molecular formula is C21H26O9. The Balaban J connectivity index is 1.53. The highest BCUT2D eigenvalue weighted by molar-refractivity contribution is 5.93. The number of ether oxygens (including phenoxy) is 7. The molecule has 3 fully saturated rings. The van der Waals surface area contributed by atoms with E-state index in [0.717, 1.165) is 0 Å². The quantitative estimate of drug-likeness (QED) is 0.534. The molecule has 1 aromatic carbocycles. The predicted molar refractivity (Wildman–Crippen MR) is 101 cm³/mol. The van der Waals surface area contributed by atoms with E-state index in [4.69, 9.17) is 33.2 Å². The Labute approximate surface area is 174 Å². The highest BCUT2D eigenvalue weighted by Gasteiger charge is 2.60. The Kier molecular flexibility index (Phi) is 5.36. The van der Waals surface area contributed by atoms with Crippen molar-refractivity contribution in [2.24, 2.45) is 0 Å². The third kappa shape index (κ3) is 4.21. The zero-order chi connectivity index (χ0) is 21.7. The Morgan fingerprint density at radius 2 is 1.67 bits per heavy atom. The van der Waals surface area contributed by atoms with Crippen molar-refractivity contribution in [2.75, 3.05) is 6.61 Å². The summed E-state index contributed by atoms with van der Waals surface area (Å²) in [6, 6.07) is 6.33. The standard InChI is InChI=1S/C21H26O9/c1-11(22)25-13-9-7-6-8-12(13)18(23)27-19-17-16(29-21(4,5)30-17)15(26-19)14-10-24-20(2,3)28-14/h6-9,14-17,19H,10H2,1-5H3/t14-,15-,16+,17+,19?/m1/s1. The highest BCUT2D eigenvalue weighted by atomic mass is 16.8. The first kappa shape index (κ1) is 21.2. The summed E-state index contributed by atoms with van der Waals surface area (Å²) in [6.45, 7) is 8.78. The molecule has 9 nitrogen and oxygen atoms in total. The van der Waals surface area contributed by atoms with Gasteiger partial charge in [-0.05, 0) is 39.8 Å². The summed E-state index contributed by atoms with van der Waals surface area (Å²) in [5.74, 6) is -2.74. The van der Waals surface area contributed by atoms with Crippen molar-refractivity contribution in [1.82, 2.24) is 0 Å². The van der Waals surface area contributed by atoms with Crippen molar-refractivity contribution in [3.8, 4) is 5.75 Å². The number of para-hydroxylation sites is 1. The maximum atomic E-state index is 12.8. The molecule has 9 heteroatoms. The van der Waals surface area contributed by atoms with Crippen molar-refractivity contribution >= 4 is 11.9 Å². The SMILES string of the molecule is CC(=O)Oc1ccccc1C(=O)OC1O[C@H]([C@H]2COC(C)(C)O2)[C@@H]2OC(C)(C)O[C@H]12. The van der Waals surface area contributed by atoms with E-state index in [0.29, 0.717) is 6.61 Å². The Morgan fingerprint density at radius 3 is 2.33 bits per heavy atom. The van der Waals surface area contributed by atoms with Crippen LogP contribution in [0.3, 0.4) is 0 Å². The van der Waals surface area contributed by atoms with Gasteiger partial charge < -0.3 is 33.2 Å². The van der Waals surface area contributed by atoms with Gasteiger partial charge in [0.2, 0.25) is 6.29 Å². The summed E-state index contributed by atoms with van der Waals surface area (Å²) in [5.41, 5.74) is 0.107. The van der Waals surface area contributed by atoms with E-state index < -0.39 is 54.2 Å². The van der Waals surface area contributed by atoms with Crippen molar-refractivity contribution in [3.05, 3.63) is 29.8 Å². The molecule has 0 amide bonds. The van der Waals surface area contributed by atoms with Crippen molar-refractivity contribution in [1.29, 1.82) is 0 Å². The van der Waals surface area contributed by atoms with Gasteiger partial charge in [0.15, 0.2) is 17.7 Å². The number of hydrogen-bond acceptors (Lipinski definition) is 9. The number of fused-ring (bicyclic) bond motifs is 1. The lowest BCUT2D eigenvalue weighted by Crippen LogP contribution is -2.40. The van der Waals surface area contributed by atoms with Gasteiger partial charge in [0.25, 0.3) is 0 Å². The highest BCUT2D eigenvalue weighted by Crippen LogP contribution is 2.42. The summed E-state index contributed by atoms with van der Waals surface area (Å²) >= 11 is 0. The van der Waals surface area contributed by atoms with Crippen LogP contribution in [-0.4, -0.2) is 60.8 Å². The second-order valence-corrected chi connectivity index (χ2v) is 8.40. The summed E-state index contributed by atoms with van der Waals surface area (Å²) in [7, 11) is 0. The monoisotopic (exact) mass is 422 g/mol. The molecule has 3 saturated heterocycles. The average Bonchev–Trinajstić information content (AvgIpc) is 3.25. The fourth-order valence-corrected chi connectivity index (χ4v) is 3.91. The molecule has 1 aromatic rings. The Hall–Kier alpha value is -2.04. The molecule has 3 heterocycles. The van der Waals surface area contributed by atoms with Crippen LogP contribution in [0.5, 0.6) is 5.75 Å². The van der Waals surface area contributed by atoms with Crippen molar-refractivity contribution < 1.29 is 42.7 Å². The Morgan fingerprint density at radius 1 is 0.967 bits per heavy atom. The van der Waals surface area contributed by atoms with Crippen LogP contribution in [0.4, 0.5) is 0 Å². The van der Waals surface area contributed by atoms with E-state index in [1.54, 1.807) is 26.0 Å². The molecule has 0 aromatic heterocycles. The van der Waals surface area contributed by atoms with E-state index in [-0.39, 0.29) is 11.3 Å². The van der Waals surface area contributed by atoms with Crippen LogP contribution in [0.15, 0.2) is 24.3 Å². The van der Waals surface area contributed by atoms with Gasteiger partial charge in [-0.1, -0.05) is 12.1 Å². The summed E-state index contributed by atoms with van der Waals surface area (Å²) in [5, 5.41) is 0. The summed E-state index contributed by atoms with van der Waals surface area (Å²) in [6.07, 6.45) is -3.10. The minimum atomic E-state index is -1.02. The van der Waals surface area contributed by atoms with Crippen LogP contribution in [0.25, 0.3) is 0 Å². The van der Waals surface area contributed by atoms with E-state index in [2.05, 4.69) is 0 Å². The van der Waals surface area contributed by atoms with Crippen LogP contribution in [0, 0.1) is 0 Å². The molecule has 0 bridgehead atoms. The zero-order valence-electron chi connectivity index (χ0n) is 17.6. The molecule has 5 atom stereocenters. The van der Waals surface area contributed by atoms with E-state index in [1.165, 1.54) is 19.1 Å². The van der Waals surface area contributed by atoms with Gasteiger partial charge in [-0.15, -0.1) is 0 Å². The van der Waals surface area contributed by atoms with Crippen LogP contribution < -0.4 is 4.74 Å². The number of esters is 2. The van der Waals surface area contributed by atoms with Crippen molar-refractivity contribution in [3.63, 3.8) is 0 Å². The number of benzene rings is 1. The molecule has 4 rings (SSSR count). The average molecular weight is 422 g/mol. The van der Waals surface area contributed by atoms with Gasteiger partial charge >= 0.3 is 11.9 Å². The third-order valence-corrected chi connectivity index (χ3v) is 5.03. The van der Waals surface area contributed by atoms with E-state index in [9.17, 15) is 9.59 Å². The zero-order valence-corrected chi connectivity index (χ0v) is 17.6. The van der Waals surface area contributed by atoms with Gasteiger partial charge in [0.1, 0.15) is 29.6 Å². The normalized spacial score (nSPS) is 33.8. The smallest absolute Gasteiger partial charge is 0.344 e. The molecule has 0 N–H and O–H groups in total. The fourth-order valence-electron chi connectivity index (χ4n) is 3.91. The van der Waals surface area contributed by atoms with Crippen LogP contribution in [-0.2, 0) is 33.2 Å². The minimum absolute atomic E-state index is 0.107. The number of carbonyl (C=O) groups excluding carboxylic acids is 2. The first-order valence-corrected chi connectivity index (χ1v) is 9.86. The minimum Gasteiger partial charge on any atom is -0.429 e. The van der Waals surface area contributed by atoms with Crippen LogP contribution in [0.1, 0.15) is 45.0 Å². The van der Waals surface area contributed by atoms with Crippen molar-refractivity contribution in [2.45, 2.75) is 76.9 Å². The molecular weight excluding hydrogens is 396 g/mol. The predicted octanol–water partition coefficient (Wildman–Crippen LogP) is 2.17. The second kappa shape index (κ2) is 7.58. The molecule has 0 aliphatic carbocycles. The fraction of sp³-hybridized carbons (Fsp3) is 0.619. The van der Waals surface area contributed by atoms with E-state index >= 15 is 0 Å². The first-order chi connectivity index (χ1) is 14.0. The molecule has 0 saturated carbocycles. The van der Waals surface area contributed by atoms with Crippen LogP contribution >= 0.6 is 0 Å². The molecule has 0 spiro atoms. The lowest BCUT2D eigenvalue weighted by molar-refractivity contribution is -0.235. The number of carbonyl (C=O) groups is 2. The lowest BCUT2D eigenvalue weighted by Gasteiger charge is -2.26.